The molecule has 0 amide bonds. The second kappa shape index (κ2) is 6.79. The molecule has 1 aromatic carbocycles. The number of nitrogens with one attached hydrogen (secondary N) is 2. The number of hydrogen-bond donors (Lipinski definition) is 2. The topological polar surface area (TPSA) is 86.9 Å². The fourth-order valence-corrected chi connectivity index (χ4v) is 5.48. The molecule has 0 radical (unpaired) electrons. The van der Waals surface area contributed by atoms with E-state index in [1.807, 2.05) is 32.3 Å². The number of fused-ring (bicyclic) bond motifs is 1. The summed E-state index contributed by atoms with van der Waals surface area (Å²) in [5, 5.41) is 13.6. The van der Waals surface area contributed by atoms with Crippen LogP contribution in [0.1, 0.15) is 18.9 Å². The highest BCUT2D eigenvalue weighted by Gasteiger charge is 2.39. The van der Waals surface area contributed by atoms with Crippen LogP contribution in [0.2, 0.25) is 0 Å². The van der Waals surface area contributed by atoms with Gasteiger partial charge in [-0.2, -0.15) is 5.26 Å². The van der Waals surface area contributed by atoms with E-state index in [9.17, 15) is 13.7 Å². The van der Waals surface area contributed by atoms with Crippen molar-refractivity contribution in [3.05, 3.63) is 36.0 Å². The maximum Gasteiger partial charge on any atom is 0.213 e. The molecule has 134 valence electrons. The van der Waals surface area contributed by atoms with E-state index < -0.39 is 15.4 Å². The van der Waals surface area contributed by atoms with Gasteiger partial charge < -0.3 is 9.88 Å². The van der Waals surface area contributed by atoms with E-state index in [2.05, 4.69) is 32.8 Å². The Morgan fingerprint density at radius 3 is 2.88 bits per heavy atom. The van der Waals surface area contributed by atoms with E-state index in [0.29, 0.717) is 25.9 Å². The Labute approximate surface area is 148 Å². The molecular weight excluding hydrogens is 336 g/mol. The zero-order chi connectivity index (χ0) is 18.1. The maximum atomic E-state index is 12.5. The van der Waals surface area contributed by atoms with Gasteiger partial charge in [0.15, 0.2) is 0 Å². The highest BCUT2D eigenvalue weighted by molar-refractivity contribution is 7.89. The van der Waals surface area contributed by atoms with E-state index in [4.69, 9.17) is 0 Å². The van der Waals surface area contributed by atoms with Crippen molar-refractivity contribution < 1.29 is 8.42 Å². The number of aromatic nitrogens is 1. The number of sulfonamides is 1. The first-order valence-corrected chi connectivity index (χ1v) is 10.1. The Morgan fingerprint density at radius 2 is 2.20 bits per heavy atom. The largest absolute Gasteiger partial charge is 0.350 e. The average molecular weight is 360 g/mol. The van der Waals surface area contributed by atoms with Gasteiger partial charge in [-0.25, -0.2) is 13.1 Å². The molecule has 2 atom stereocenters. The summed E-state index contributed by atoms with van der Waals surface area (Å²) in [4.78, 5) is 0. The van der Waals surface area contributed by atoms with Crippen molar-refractivity contribution in [1.29, 1.82) is 5.26 Å². The van der Waals surface area contributed by atoms with Crippen LogP contribution in [0.4, 0.5) is 0 Å². The van der Waals surface area contributed by atoms with Gasteiger partial charge in [-0.15, -0.1) is 0 Å². The minimum absolute atomic E-state index is 0.149. The second-order valence-corrected chi connectivity index (χ2v) is 8.84. The first-order chi connectivity index (χ1) is 11.8. The summed E-state index contributed by atoms with van der Waals surface area (Å²) in [6.07, 6.45) is 3.23. The third kappa shape index (κ3) is 3.87. The van der Waals surface area contributed by atoms with Crippen LogP contribution in [0.5, 0.6) is 0 Å². The van der Waals surface area contributed by atoms with Gasteiger partial charge in [-0.05, 0) is 37.9 Å². The molecule has 25 heavy (non-hydrogen) atoms. The zero-order valence-electron chi connectivity index (χ0n) is 14.6. The van der Waals surface area contributed by atoms with Crippen LogP contribution in [-0.2, 0) is 23.5 Å². The fourth-order valence-electron chi connectivity index (χ4n) is 3.67. The number of benzene rings is 1. The summed E-state index contributed by atoms with van der Waals surface area (Å²) in [6.45, 7) is 2.99. The molecule has 0 spiro atoms. The molecule has 0 bridgehead atoms. The van der Waals surface area contributed by atoms with Gasteiger partial charge in [-0.1, -0.05) is 18.2 Å². The van der Waals surface area contributed by atoms with Crippen LogP contribution in [-0.4, -0.2) is 37.9 Å². The molecule has 6 nitrogen and oxygen atoms in total. The molecule has 2 heterocycles. The fraction of sp³-hybridized carbons (Fsp3) is 0.500. The molecule has 2 aromatic rings. The van der Waals surface area contributed by atoms with E-state index in [-0.39, 0.29) is 11.8 Å². The Bertz CT molecular complexity index is 905. The number of aryl methyl sites for hydroxylation is 1. The molecule has 1 fully saturated rings. The van der Waals surface area contributed by atoms with Gasteiger partial charge >= 0.3 is 0 Å². The summed E-state index contributed by atoms with van der Waals surface area (Å²) in [5.74, 6) is -0.149. The third-order valence-electron chi connectivity index (χ3n) is 4.83. The lowest BCUT2D eigenvalue weighted by atomic mass is 9.92. The summed E-state index contributed by atoms with van der Waals surface area (Å²) < 4.78 is 29.9. The van der Waals surface area contributed by atoms with E-state index in [1.165, 1.54) is 0 Å². The number of rotatable bonds is 6. The maximum absolute atomic E-state index is 12.5. The van der Waals surface area contributed by atoms with Crippen molar-refractivity contribution in [2.24, 2.45) is 12.5 Å². The minimum atomic E-state index is -3.52. The van der Waals surface area contributed by atoms with Gasteiger partial charge in [0, 0.05) is 36.7 Å². The summed E-state index contributed by atoms with van der Waals surface area (Å²) >= 11 is 0. The van der Waals surface area contributed by atoms with Crippen molar-refractivity contribution in [3.8, 4) is 6.07 Å². The SMILES string of the molecule is CC(Cc1cn(C)c2ccccc12)NS(=O)(=O)CC1(C#N)CCNC1. The first kappa shape index (κ1) is 17.9. The minimum Gasteiger partial charge on any atom is -0.350 e. The first-order valence-electron chi connectivity index (χ1n) is 8.49. The quantitative estimate of drug-likeness (QED) is 0.818. The molecular formula is C18H24N4O2S. The monoisotopic (exact) mass is 360 g/mol. The normalized spacial score (nSPS) is 22.1. The molecule has 0 aliphatic carbocycles. The Kier molecular flexibility index (Phi) is 4.87. The summed E-state index contributed by atoms with van der Waals surface area (Å²) in [6, 6.07) is 10.1. The van der Waals surface area contributed by atoms with Gasteiger partial charge in [0.2, 0.25) is 10.0 Å². The smallest absolute Gasteiger partial charge is 0.213 e. The predicted octanol–water partition coefficient (Wildman–Crippen LogP) is 1.53. The summed E-state index contributed by atoms with van der Waals surface area (Å²) in [7, 11) is -1.53. The number of nitriles is 1. The average Bonchev–Trinajstić information content (AvgIpc) is 3.13. The van der Waals surface area contributed by atoms with Crippen LogP contribution < -0.4 is 10.0 Å². The lowest BCUT2D eigenvalue weighted by molar-refractivity contribution is 0.475. The molecule has 7 heteroatoms. The summed E-state index contributed by atoms with van der Waals surface area (Å²) in [5.41, 5.74) is 1.43. The number of hydrogen-bond acceptors (Lipinski definition) is 4. The zero-order valence-corrected chi connectivity index (χ0v) is 15.4. The molecule has 0 saturated carbocycles. The van der Waals surface area contributed by atoms with Gasteiger partial charge in [0.05, 0.1) is 17.2 Å². The van der Waals surface area contributed by atoms with Crippen LogP contribution in [0, 0.1) is 16.7 Å². The highest BCUT2D eigenvalue weighted by Crippen LogP contribution is 2.26. The van der Waals surface area contributed by atoms with Crippen molar-refractivity contribution in [1.82, 2.24) is 14.6 Å². The molecule has 1 saturated heterocycles. The van der Waals surface area contributed by atoms with Crippen molar-refractivity contribution >= 4 is 20.9 Å². The van der Waals surface area contributed by atoms with Gasteiger partial charge in [0.25, 0.3) is 0 Å². The van der Waals surface area contributed by atoms with Crippen molar-refractivity contribution in [2.45, 2.75) is 25.8 Å². The van der Waals surface area contributed by atoms with Gasteiger partial charge in [-0.3, -0.25) is 0 Å². The van der Waals surface area contributed by atoms with Crippen molar-refractivity contribution in [3.63, 3.8) is 0 Å². The van der Waals surface area contributed by atoms with E-state index in [0.717, 1.165) is 16.5 Å². The van der Waals surface area contributed by atoms with Crippen molar-refractivity contribution in [2.75, 3.05) is 18.8 Å². The lowest BCUT2D eigenvalue weighted by Crippen LogP contribution is -2.41. The Balaban J connectivity index is 1.71. The number of nitrogens with zero attached hydrogens (tertiary/aromatic N) is 2. The molecule has 2 unspecified atom stereocenters. The predicted molar refractivity (Wildman–Crippen MR) is 98.5 cm³/mol. The molecule has 1 aliphatic heterocycles. The van der Waals surface area contributed by atoms with Crippen LogP contribution in [0.15, 0.2) is 30.5 Å². The number of para-hydroxylation sites is 1. The van der Waals surface area contributed by atoms with Crippen LogP contribution in [0.3, 0.4) is 0 Å². The molecule has 2 N–H and O–H groups in total. The standard InChI is InChI=1S/C18H24N4O2S/c1-14(9-15-10-22(2)17-6-4-3-5-16(15)17)21-25(23,24)13-18(11-19)7-8-20-12-18/h3-6,10,14,20-21H,7-9,12-13H2,1-2H3. The molecule has 1 aliphatic rings. The van der Waals surface area contributed by atoms with E-state index >= 15 is 0 Å². The molecule has 3 rings (SSSR count). The highest BCUT2D eigenvalue weighted by atomic mass is 32.2. The van der Waals surface area contributed by atoms with Crippen LogP contribution in [0.25, 0.3) is 10.9 Å². The third-order valence-corrected chi connectivity index (χ3v) is 6.53. The lowest BCUT2D eigenvalue weighted by Gasteiger charge is -2.21. The van der Waals surface area contributed by atoms with E-state index in [1.54, 1.807) is 0 Å². The Morgan fingerprint density at radius 1 is 1.44 bits per heavy atom. The molecule has 1 aromatic heterocycles. The van der Waals surface area contributed by atoms with Gasteiger partial charge in [0.1, 0.15) is 0 Å². The Hall–Kier alpha value is -1.88. The second-order valence-electron chi connectivity index (χ2n) is 7.08. The van der Waals surface area contributed by atoms with Crippen LogP contribution >= 0.6 is 0 Å².